The topological polar surface area (TPSA) is 83.6 Å². The van der Waals surface area contributed by atoms with Gasteiger partial charge < -0.3 is 5.32 Å². The maximum Gasteiger partial charge on any atom is 0.217 e. The van der Waals surface area contributed by atoms with Crippen LogP contribution in [0.1, 0.15) is 26.6 Å². The fraction of sp³-hybridized carbons (Fsp3) is 0.667. The number of nitrogens with zero attached hydrogens (tertiary/aromatic N) is 3. The highest BCUT2D eigenvalue weighted by atomic mass is 16.1. The Balaban J connectivity index is 2.79. The molecule has 0 radical (unpaired) electrons. The molecule has 6 heteroatoms. The molecule has 1 aromatic rings. The fourth-order valence-electron chi connectivity index (χ4n) is 0.923. The Kier molecular flexibility index (Phi) is 2.07. The van der Waals surface area contributed by atoms with E-state index in [0.29, 0.717) is 5.82 Å². The first-order chi connectivity index (χ1) is 5.52. The third kappa shape index (κ3) is 1.77. The summed E-state index contributed by atoms with van der Waals surface area (Å²) in [7, 11) is 0. The quantitative estimate of drug-likeness (QED) is 0.629. The third-order valence-electron chi connectivity index (χ3n) is 1.39. The highest BCUT2D eigenvalue weighted by Gasteiger charge is 2.25. The second-order valence-electron chi connectivity index (χ2n) is 3.04. The summed E-state index contributed by atoms with van der Waals surface area (Å²) in [6, 6.07) is 0. The molecule has 1 aromatic heterocycles. The van der Waals surface area contributed by atoms with Crippen LogP contribution in [0.2, 0.25) is 0 Å². The smallest absolute Gasteiger partial charge is 0.217 e. The van der Waals surface area contributed by atoms with E-state index in [1.54, 1.807) is 13.8 Å². The van der Waals surface area contributed by atoms with Crippen LogP contribution in [0, 0.1) is 0 Å². The zero-order valence-corrected chi connectivity index (χ0v) is 7.25. The first kappa shape index (κ1) is 8.63. The molecule has 12 heavy (non-hydrogen) atoms. The molecule has 2 N–H and O–H groups in total. The van der Waals surface area contributed by atoms with E-state index >= 15 is 0 Å². The molecule has 0 saturated heterocycles. The van der Waals surface area contributed by atoms with Gasteiger partial charge in [-0.1, -0.05) is 5.21 Å². The molecule has 0 aliphatic rings. The second kappa shape index (κ2) is 2.88. The van der Waals surface area contributed by atoms with Gasteiger partial charge in [0.2, 0.25) is 5.91 Å². The Bertz CT molecular complexity index is 265. The first-order valence-corrected chi connectivity index (χ1v) is 3.55. The Morgan fingerprint density at radius 2 is 2.25 bits per heavy atom. The lowest BCUT2D eigenvalue weighted by Gasteiger charge is -2.20. The molecule has 66 valence electrons. The van der Waals surface area contributed by atoms with Crippen molar-refractivity contribution >= 4 is 5.91 Å². The molecule has 1 heterocycles. The van der Waals surface area contributed by atoms with Crippen LogP contribution >= 0.6 is 0 Å². The van der Waals surface area contributed by atoms with Crippen LogP contribution in [0.4, 0.5) is 0 Å². The van der Waals surface area contributed by atoms with Crippen LogP contribution in [0.25, 0.3) is 0 Å². The van der Waals surface area contributed by atoms with Crippen molar-refractivity contribution in [1.82, 2.24) is 25.9 Å². The van der Waals surface area contributed by atoms with Crippen molar-refractivity contribution in [2.24, 2.45) is 0 Å². The molecule has 0 atom stereocenters. The van der Waals surface area contributed by atoms with Crippen LogP contribution in [0.3, 0.4) is 0 Å². The number of aromatic amines is 1. The molecule has 0 spiro atoms. The molecule has 0 aliphatic carbocycles. The van der Waals surface area contributed by atoms with Gasteiger partial charge in [-0.15, -0.1) is 10.2 Å². The zero-order valence-electron chi connectivity index (χ0n) is 7.25. The molecule has 0 saturated carbocycles. The van der Waals surface area contributed by atoms with Crippen molar-refractivity contribution in [2.45, 2.75) is 26.3 Å². The standard InChI is InChI=1S/C6H11N5O/c1-4(12)7-6(2,3)5-8-10-11-9-5/h1-3H3,(H,7,12)(H,8,9,10,11). The lowest BCUT2D eigenvalue weighted by atomic mass is 10.1. The van der Waals surface area contributed by atoms with Gasteiger partial charge in [-0.2, -0.15) is 5.21 Å². The Hall–Kier alpha value is -1.46. The van der Waals surface area contributed by atoms with Crippen molar-refractivity contribution in [3.63, 3.8) is 0 Å². The summed E-state index contributed by atoms with van der Waals surface area (Å²) >= 11 is 0. The number of hydrogen-bond donors (Lipinski definition) is 2. The van der Waals surface area contributed by atoms with Gasteiger partial charge in [0.05, 0.1) is 5.54 Å². The average Bonchev–Trinajstić information content (AvgIpc) is 2.32. The van der Waals surface area contributed by atoms with Gasteiger partial charge in [0, 0.05) is 6.92 Å². The predicted octanol–water partition coefficient (Wildman–Crippen LogP) is -0.429. The minimum Gasteiger partial charge on any atom is -0.344 e. The largest absolute Gasteiger partial charge is 0.344 e. The number of tetrazole rings is 1. The highest BCUT2D eigenvalue weighted by Crippen LogP contribution is 2.12. The predicted molar refractivity (Wildman–Crippen MR) is 41.0 cm³/mol. The van der Waals surface area contributed by atoms with Crippen LogP contribution in [-0.2, 0) is 10.3 Å². The van der Waals surface area contributed by atoms with Gasteiger partial charge >= 0.3 is 0 Å². The summed E-state index contributed by atoms with van der Waals surface area (Å²) in [5, 5.41) is 16.0. The van der Waals surface area contributed by atoms with Crippen molar-refractivity contribution in [2.75, 3.05) is 0 Å². The number of hydrogen-bond acceptors (Lipinski definition) is 4. The maximum absolute atomic E-state index is 10.8. The zero-order chi connectivity index (χ0) is 9.19. The van der Waals surface area contributed by atoms with E-state index in [1.165, 1.54) is 6.92 Å². The summed E-state index contributed by atoms with van der Waals surface area (Å²) in [5.74, 6) is 0.350. The third-order valence-corrected chi connectivity index (χ3v) is 1.39. The van der Waals surface area contributed by atoms with Gasteiger partial charge in [0.1, 0.15) is 0 Å². The van der Waals surface area contributed by atoms with Crippen LogP contribution in [0.15, 0.2) is 0 Å². The van der Waals surface area contributed by atoms with Crippen LogP contribution in [-0.4, -0.2) is 26.5 Å². The summed E-state index contributed by atoms with van der Waals surface area (Å²) < 4.78 is 0. The lowest BCUT2D eigenvalue weighted by Crippen LogP contribution is -2.40. The molecule has 0 unspecified atom stereocenters. The van der Waals surface area contributed by atoms with Gasteiger partial charge in [0.25, 0.3) is 0 Å². The van der Waals surface area contributed by atoms with E-state index < -0.39 is 5.54 Å². The van der Waals surface area contributed by atoms with Gasteiger partial charge in [-0.05, 0) is 13.8 Å². The molecular formula is C6H11N5O. The molecule has 1 amide bonds. The number of H-pyrrole nitrogens is 1. The number of rotatable bonds is 2. The van der Waals surface area contributed by atoms with Crippen molar-refractivity contribution in [3.8, 4) is 0 Å². The molecule has 0 fully saturated rings. The summed E-state index contributed by atoms with van der Waals surface area (Å²) in [6.07, 6.45) is 0. The van der Waals surface area contributed by atoms with Gasteiger partial charge in [0.15, 0.2) is 5.82 Å². The normalized spacial score (nSPS) is 11.2. The minimum atomic E-state index is -0.571. The fourth-order valence-corrected chi connectivity index (χ4v) is 0.923. The number of nitrogens with one attached hydrogen (secondary N) is 2. The first-order valence-electron chi connectivity index (χ1n) is 3.55. The number of carbonyl (C=O) groups excluding carboxylic acids is 1. The molecule has 6 nitrogen and oxygen atoms in total. The SMILES string of the molecule is CC(=O)NC(C)(C)c1nn[nH]n1. The molecule has 0 aliphatic heterocycles. The van der Waals surface area contributed by atoms with E-state index in [0.717, 1.165) is 0 Å². The highest BCUT2D eigenvalue weighted by molar-refractivity contribution is 5.73. The van der Waals surface area contributed by atoms with E-state index in [1.807, 2.05) is 0 Å². The van der Waals surface area contributed by atoms with E-state index in [4.69, 9.17) is 0 Å². The number of amides is 1. The van der Waals surface area contributed by atoms with Gasteiger partial charge in [-0.3, -0.25) is 4.79 Å². The number of aromatic nitrogens is 4. The summed E-state index contributed by atoms with van der Waals surface area (Å²) in [5.41, 5.74) is -0.571. The maximum atomic E-state index is 10.8. The molecular weight excluding hydrogens is 158 g/mol. The van der Waals surface area contributed by atoms with Crippen molar-refractivity contribution < 1.29 is 4.79 Å². The van der Waals surface area contributed by atoms with E-state index in [2.05, 4.69) is 25.9 Å². The second-order valence-corrected chi connectivity index (χ2v) is 3.04. The summed E-state index contributed by atoms with van der Waals surface area (Å²) in [4.78, 5) is 10.8. The summed E-state index contributed by atoms with van der Waals surface area (Å²) in [6.45, 7) is 5.06. The van der Waals surface area contributed by atoms with Crippen LogP contribution in [0.5, 0.6) is 0 Å². The molecule has 0 bridgehead atoms. The monoisotopic (exact) mass is 169 g/mol. The molecule has 1 rings (SSSR count). The Labute approximate surface area is 69.7 Å². The van der Waals surface area contributed by atoms with Crippen molar-refractivity contribution in [1.29, 1.82) is 0 Å². The van der Waals surface area contributed by atoms with E-state index in [9.17, 15) is 4.79 Å². The lowest BCUT2D eigenvalue weighted by molar-refractivity contribution is -0.120. The minimum absolute atomic E-state index is 0.121. The Morgan fingerprint density at radius 1 is 1.58 bits per heavy atom. The van der Waals surface area contributed by atoms with E-state index in [-0.39, 0.29) is 5.91 Å². The number of carbonyl (C=O) groups is 1. The van der Waals surface area contributed by atoms with Crippen molar-refractivity contribution in [3.05, 3.63) is 5.82 Å². The van der Waals surface area contributed by atoms with Gasteiger partial charge in [-0.25, -0.2) is 0 Å². The average molecular weight is 169 g/mol. The van der Waals surface area contributed by atoms with Crippen LogP contribution < -0.4 is 5.32 Å². The molecule has 0 aromatic carbocycles. The Morgan fingerprint density at radius 3 is 2.67 bits per heavy atom.